The number of amides is 1. The minimum absolute atomic E-state index is 0.0625. The lowest BCUT2D eigenvalue weighted by atomic mass is 9.97. The number of ether oxygens (including phenoxy) is 1. The number of carbonyl (C=O) groups excluding carboxylic acids is 2. The molecule has 0 saturated carbocycles. The summed E-state index contributed by atoms with van der Waals surface area (Å²) in [6, 6.07) is 17.8. The molecule has 0 fully saturated rings. The van der Waals surface area contributed by atoms with Gasteiger partial charge in [0, 0.05) is 26.8 Å². The Labute approximate surface area is 169 Å². The number of Topliss-reactive ketones (excluding diaryl/α,β-unsaturated/α-hetero) is 1. The molecule has 2 aromatic carbocycles. The molecule has 3 rings (SSSR count). The summed E-state index contributed by atoms with van der Waals surface area (Å²) in [5, 5.41) is -0.175. The second-order valence-electron chi connectivity index (χ2n) is 6.38. The number of hydrogen-bond acceptors (Lipinski definition) is 6. The van der Waals surface area contributed by atoms with Crippen LogP contribution in [0.4, 0.5) is 4.79 Å². The molecule has 0 bridgehead atoms. The van der Waals surface area contributed by atoms with Gasteiger partial charge in [-0.25, -0.2) is 4.79 Å². The first-order valence-electron chi connectivity index (χ1n) is 8.99. The number of allylic oxidation sites excluding steroid dienone is 1. The van der Waals surface area contributed by atoms with Gasteiger partial charge in [-0.15, -0.1) is 0 Å². The van der Waals surface area contributed by atoms with Crippen LogP contribution in [0.15, 0.2) is 72.2 Å². The van der Waals surface area contributed by atoms with E-state index < -0.39 is 25.5 Å². The number of rotatable bonds is 6. The topological polar surface area (TPSA) is 82.1 Å². The summed E-state index contributed by atoms with van der Waals surface area (Å²) < 4.78 is 28.2. The Kier molecular flexibility index (Phi) is 6.64. The van der Waals surface area contributed by atoms with Gasteiger partial charge < -0.3 is 13.8 Å². The van der Waals surface area contributed by atoms with Gasteiger partial charge in [0.2, 0.25) is 0 Å². The smallest absolute Gasteiger partial charge is 0.414 e. The van der Waals surface area contributed by atoms with E-state index in [9.17, 15) is 14.2 Å². The van der Waals surface area contributed by atoms with Crippen LogP contribution in [0, 0.1) is 0 Å². The third-order valence-corrected chi connectivity index (χ3v) is 6.55. The molecule has 0 spiro atoms. The third-order valence-electron chi connectivity index (χ3n) is 4.64. The van der Waals surface area contributed by atoms with E-state index in [1.807, 2.05) is 60.7 Å². The first kappa shape index (κ1) is 21.0. The molecule has 29 heavy (non-hydrogen) atoms. The van der Waals surface area contributed by atoms with Gasteiger partial charge in [-0.1, -0.05) is 60.7 Å². The minimum Gasteiger partial charge on any atom is -0.444 e. The molecule has 2 aromatic rings. The second kappa shape index (κ2) is 9.18. The molecule has 0 saturated heterocycles. The summed E-state index contributed by atoms with van der Waals surface area (Å²) in [6.45, 7) is 0.0705. The first-order valence-corrected chi connectivity index (χ1v) is 10.5. The van der Waals surface area contributed by atoms with Crippen LogP contribution in [0.25, 0.3) is 0 Å². The molecular weight excluding hydrogens is 393 g/mol. The van der Waals surface area contributed by atoms with E-state index in [-0.39, 0.29) is 18.3 Å². The van der Waals surface area contributed by atoms with Crippen LogP contribution in [0.5, 0.6) is 0 Å². The van der Waals surface area contributed by atoms with Gasteiger partial charge in [0.15, 0.2) is 5.78 Å². The molecule has 0 radical (unpaired) electrons. The normalized spacial score (nSPS) is 17.0. The Morgan fingerprint density at radius 1 is 1.03 bits per heavy atom. The minimum atomic E-state index is -3.82. The van der Waals surface area contributed by atoms with Crippen LogP contribution in [0.1, 0.15) is 23.6 Å². The highest BCUT2D eigenvalue weighted by molar-refractivity contribution is 7.60. The van der Waals surface area contributed by atoms with Gasteiger partial charge in [0.25, 0.3) is 0 Å². The highest BCUT2D eigenvalue weighted by Gasteiger charge is 2.41. The molecule has 0 aliphatic carbocycles. The second-order valence-corrected chi connectivity index (χ2v) is 8.59. The molecule has 8 heteroatoms. The van der Waals surface area contributed by atoms with E-state index in [4.69, 9.17) is 13.8 Å². The number of ketones is 1. The zero-order chi connectivity index (χ0) is 20.9. The first-order chi connectivity index (χ1) is 14.0. The summed E-state index contributed by atoms with van der Waals surface area (Å²) in [4.78, 5) is 26.9. The Hall–Kier alpha value is -2.73. The molecule has 1 atom stereocenters. The van der Waals surface area contributed by atoms with Crippen molar-refractivity contribution in [1.82, 2.24) is 4.90 Å². The molecule has 0 N–H and O–H groups in total. The molecular formula is C21H22NO6P. The quantitative estimate of drug-likeness (QED) is 0.638. The molecule has 1 aliphatic heterocycles. The van der Waals surface area contributed by atoms with Gasteiger partial charge in [-0.05, 0) is 11.1 Å². The van der Waals surface area contributed by atoms with Crippen molar-refractivity contribution in [3.63, 3.8) is 0 Å². The molecule has 0 unspecified atom stereocenters. The Morgan fingerprint density at radius 2 is 1.62 bits per heavy atom. The standard InChI is InChI=1S/C21H22NO6P/c1-26-29(25,27-2)20-14-22(21(24)28-15-16-9-5-3-6-10-16)18(13-19(20)23)17-11-7-4-8-12-17/h3-12,14,18H,13,15H2,1-2H3/t18-/m1/s1. The van der Waals surface area contributed by atoms with Crippen LogP contribution in [-0.4, -0.2) is 31.0 Å². The zero-order valence-corrected chi connectivity index (χ0v) is 17.1. The summed E-state index contributed by atoms with van der Waals surface area (Å²) in [5.41, 5.74) is 1.59. The molecule has 152 valence electrons. The SMILES string of the molecule is COP(=O)(OC)C1=CN(C(=O)OCc2ccccc2)[C@@H](c2ccccc2)CC1=O. The fourth-order valence-corrected chi connectivity index (χ4v) is 4.30. The number of carbonyl (C=O) groups is 2. The molecule has 1 amide bonds. The third kappa shape index (κ3) is 4.65. The van der Waals surface area contributed by atoms with Crippen LogP contribution in [-0.2, 0) is 29.8 Å². The van der Waals surface area contributed by atoms with Crippen molar-refractivity contribution in [3.8, 4) is 0 Å². The van der Waals surface area contributed by atoms with E-state index in [1.165, 1.54) is 25.3 Å². The van der Waals surface area contributed by atoms with E-state index in [1.54, 1.807) is 0 Å². The largest absolute Gasteiger partial charge is 0.444 e. The fraction of sp³-hybridized carbons (Fsp3) is 0.238. The molecule has 1 heterocycles. The number of benzene rings is 2. The Balaban J connectivity index is 1.93. The van der Waals surface area contributed by atoms with Crippen molar-refractivity contribution in [2.24, 2.45) is 0 Å². The lowest BCUT2D eigenvalue weighted by molar-refractivity contribution is -0.116. The van der Waals surface area contributed by atoms with Crippen molar-refractivity contribution >= 4 is 19.5 Å². The van der Waals surface area contributed by atoms with Crippen molar-refractivity contribution < 1.29 is 27.9 Å². The zero-order valence-electron chi connectivity index (χ0n) is 16.2. The predicted molar refractivity (Wildman–Crippen MR) is 107 cm³/mol. The van der Waals surface area contributed by atoms with E-state index in [0.717, 1.165) is 11.1 Å². The van der Waals surface area contributed by atoms with Crippen molar-refractivity contribution in [1.29, 1.82) is 0 Å². The van der Waals surface area contributed by atoms with Crippen molar-refractivity contribution in [2.75, 3.05) is 14.2 Å². The lowest BCUT2D eigenvalue weighted by Gasteiger charge is -2.33. The predicted octanol–water partition coefficient (Wildman–Crippen LogP) is 4.67. The van der Waals surface area contributed by atoms with Crippen LogP contribution >= 0.6 is 7.60 Å². The fourth-order valence-electron chi connectivity index (χ4n) is 3.09. The molecule has 1 aliphatic rings. The molecule has 7 nitrogen and oxygen atoms in total. The average molecular weight is 415 g/mol. The Bertz CT molecular complexity index is 936. The van der Waals surface area contributed by atoms with Gasteiger partial charge in [0.05, 0.1) is 6.04 Å². The van der Waals surface area contributed by atoms with Crippen molar-refractivity contribution in [2.45, 2.75) is 19.1 Å². The van der Waals surface area contributed by atoms with Crippen LogP contribution in [0.3, 0.4) is 0 Å². The Morgan fingerprint density at radius 3 is 2.21 bits per heavy atom. The van der Waals surface area contributed by atoms with Gasteiger partial charge in [0.1, 0.15) is 11.9 Å². The number of hydrogen-bond donors (Lipinski definition) is 0. The van der Waals surface area contributed by atoms with E-state index in [2.05, 4.69) is 0 Å². The maximum atomic E-state index is 12.9. The monoisotopic (exact) mass is 415 g/mol. The lowest BCUT2D eigenvalue weighted by Crippen LogP contribution is -2.36. The summed E-state index contributed by atoms with van der Waals surface area (Å²) in [7, 11) is -1.43. The van der Waals surface area contributed by atoms with E-state index in [0.29, 0.717) is 0 Å². The van der Waals surface area contributed by atoms with Gasteiger partial charge >= 0.3 is 13.7 Å². The average Bonchev–Trinajstić information content (AvgIpc) is 2.78. The highest BCUT2D eigenvalue weighted by atomic mass is 31.2. The van der Waals surface area contributed by atoms with Gasteiger partial charge in [-0.3, -0.25) is 14.3 Å². The number of nitrogens with zero attached hydrogens (tertiary/aromatic N) is 1. The highest BCUT2D eigenvalue weighted by Crippen LogP contribution is 2.57. The summed E-state index contributed by atoms with van der Waals surface area (Å²) in [6.07, 6.45) is 0.504. The molecule has 0 aromatic heterocycles. The van der Waals surface area contributed by atoms with E-state index >= 15 is 0 Å². The maximum absolute atomic E-state index is 12.9. The van der Waals surface area contributed by atoms with Crippen LogP contribution in [0.2, 0.25) is 0 Å². The van der Waals surface area contributed by atoms with Gasteiger partial charge in [-0.2, -0.15) is 0 Å². The van der Waals surface area contributed by atoms with Crippen LogP contribution < -0.4 is 0 Å². The van der Waals surface area contributed by atoms with Crippen molar-refractivity contribution in [3.05, 3.63) is 83.3 Å². The summed E-state index contributed by atoms with van der Waals surface area (Å²) in [5.74, 6) is -0.405. The summed E-state index contributed by atoms with van der Waals surface area (Å²) >= 11 is 0. The maximum Gasteiger partial charge on any atom is 0.414 e.